The van der Waals surface area contributed by atoms with E-state index in [0.29, 0.717) is 5.82 Å². The van der Waals surface area contributed by atoms with Crippen LogP contribution in [0.4, 0.5) is 10.8 Å². The van der Waals surface area contributed by atoms with E-state index < -0.39 is 0 Å². The van der Waals surface area contributed by atoms with Gasteiger partial charge in [0.15, 0.2) is 0 Å². The Bertz CT molecular complexity index is 440. The van der Waals surface area contributed by atoms with Crippen LogP contribution in [0.25, 0.3) is 0 Å². The van der Waals surface area contributed by atoms with Crippen molar-refractivity contribution >= 4 is 22.4 Å². The van der Waals surface area contributed by atoms with E-state index in [0.717, 1.165) is 18.1 Å². The zero-order valence-corrected chi connectivity index (χ0v) is 9.94. The average molecular weight is 234 g/mol. The van der Waals surface area contributed by atoms with Crippen molar-refractivity contribution < 1.29 is 0 Å². The summed E-state index contributed by atoms with van der Waals surface area (Å²) in [6, 6.07) is 5.95. The highest BCUT2D eigenvalue weighted by Gasteiger charge is 2.08. The zero-order valence-electron chi connectivity index (χ0n) is 9.13. The van der Waals surface area contributed by atoms with Crippen molar-refractivity contribution in [2.24, 2.45) is 0 Å². The molecule has 84 valence electrons. The van der Waals surface area contributed by atoms with Crippen LogP contribution in [0.5, 0.6) is 0 Å². The largest absolute Gasteiger partial charge is 0.383 e. The predicted molar refractivity (Wildman–Crippen MR) is 67.5 cm³/mol. The average Bonchev–Trinajstić information content (AvgIpc) is 2.74. The first-order valence-electron chi connectivity index (χ1n) is 5.15. The van der Waals surface area contributed by atoms with Crippen molar-refractivity contribution in [3.05, 3.63) is 36.2 Å². The Labute approximate surface area is 98.9 Å². The predicted octanol–water partition coefficient (Wildman–Crippen LogP) is 2.15. The number of anilines is 2. The Balaban J connectivity index is 2.12. The monoisotopic (exact) mass is 234 g/mol. The van der Waals surface area contributed by atoms with Gasteiger partial charge in [-0.15, -0.1) is 0 Å². The Morgan fingerprint density at radius 2 is 2.12 bits per heavy atom. The maximum Gasteiger partial charge on any atom is 0.139 e. The number of hydrogen-bond acceptors (Lipinski definition) is 5. The minimum Gasteiger partial charge on any atom is -0.383 e. The highest BCUT2D eigenvalue weighted by atomic mass is 32.1. The van der Waals surface area contributed by atoms with Gasteiger partial charge in [-0.25, -0.2) is 0 Å². The molecule has 4 nitrogen and oxygen atoms in total. The first-order chi connectivity index (χ1) is 7.79. The Morgan fingerprint density at radius 3 is 2.69 bits per heavy atom. The van der Waals surface area contributed by atoms with E-state index in [4.69, 9.17) is 5.73 Å². The van der Waals surface area contributed by atoms with Crippen molar-refractivity contribution in [1.82, 2.24) is 9.36 Å². The normalized spacial score (nSPS) is 10.3. The molecule has 0 aromatic carbocycles. The maximum atomic E-state index is 5.63. The van der Waals surface area contributed by atoms with Gasteiger partial charge in [0.05, 0.1) is 0 Å². The SMILES string of the molecule is CCN(Cc1ccncc1)c1cc(N)ns1. The lowest BCUT2D eigenvalue weighted by Gasteiger charge is -2.20. The second kappa shape index (κ2) is 4.94. The minimum absolute atomic E-state index is 0.591. The van der Waals surface area contributed by atoms with Gasteiger partial charge in [0, 0.05) is 31.5 Å². The van der Waals surface area contributed by atoms with E-state index in [1.807, 2.05) is 30.6 Å². The third kappa shape index (κ3) is 2.49. The summed E-state index contributed by atoms with van der Waals surface area (Å²) in [6.45, 7) is 3.92. The molecule has 2 N–H and O–H groups in total. The van der Waals surface area contributed by atoms with Gasteiger partial charge in [-0.05, 0) is 36.2 Å². The molecule has 0 aliphatic heterocycles. The lowest BCUT2D eigenvalue weighted by Crippen LogP contribution is -2.20. The molecule has 0 atom stereocenters. The van der Waals surface area contributed by atoms with Crippen molar-refractivity contribution in [3.63, 3.8) is 0 Å². The van der Waals surface area contributed by atoms with Gasteiger partial charge in [-0.3, -0.25) is 4.98 Å². The highest BCUT2D eigenvalue weighted by Crippen LogP contribution is 2.24. The lowest BCUT2D eigenvalue weighted by molar-refractivity contribution is 0.840. The molecule has 0 aliphatic carbocycles. The molecule has 16 heavy (non-hydrogen) atoms. The van der Waals surface area contributed by atoms with Crippen molar-refractivity contribution in [2.45, 2.75) is 13.5 Å². The fraction of sp³-hybridized carbons (Fsp3) is 0.273. The van der Waals surface area contributed by atoms with Gasteiger partial charge >= 0.3 is 0 Å². The summed E-state index contributed by atoms with van der Waals surface area (Å²) in [5.41, 5.74) is 6.87. The summed E-state index contributed by atoms with van der Waals surface area (Å²) in [4.78, 5) is 6.25. The Morgan fingerprint density at radius 1 is 1.38 bits per heavy atom. The van der Waals surface area contributed by atoms with Crippen LogP contribution in [0, 0.1) is 0 Å². The van der Waals surface area contributed by atoms with Gasteiger partial charge in [-0.1, -0.05) is 0 Å². The summed E-state index contributed by atoms with van der Waals surface area (Å²) in [7, 11) is 0. The Kier molecular flexibility index (Phi) is 3.36. The number of hydrogen-bond donors (Lipinski definition) is 1. The van der Waals surface area contributed by atoms with Crippen LogP contribution >= 0.6 is 11.5 Å². The van der Waals surface area contributed by atoms with Gasteiger partial charge in [0.2, 0.25) is 0 Å². The minimum atomic E-state index is 0.591. The molecule has 2 aromatic rings. The van der Waals surface area contributed by atoms with Crippen molar-refractivity contribution in [3.8, 4) is 0 Å². The molecule has 0 bridgehead atoms. The standard InChI is InChI=1S/C11H14N4S/c1-2-15(11-7-10(12)14-16-11)8-9-3-5-13-6-4-9/h3-7H,2,8H2,1H3,(H2,12,14). The summed E-state index contributed by atoms with van der Waals surface area (Å²) < 4.78 is 4.09. The molecule has 0 saturated heterocycles. The molecule has 0 unspecified atom stereocenters. The van der Waals surface area contributed by atoms with Crippen molar-refractivity contribution in [2.75, 3.05) is 17.2 Å². The number of pyridine rings is 1. The van der Waals surface area contributed by atoms with E-state index in [1.165, 1.54) is 17.1 Å². The molecule has 2 aromatic heterocycles. The second-order valence-electron chi connectivity index (χ2n) is 3.46. The quantitative estimate of drug-likeness (QED) is 0.880. The molecule has 0 radical (unpaired) electrons. The van der Waals surface area contributed by atoms with Crippen LogP contribution in [0.15, 0.2) is 30.6 Å². The lowest BCUT2D eigenvalue weighted by atomic mass is 10.2. The maximum absolute atomic E-state index is 5.63. The van der Waals surface area contributed by atoms with Gasteiger partial charge in [0.25, 0.3) is 0 Å². The van der Waals surface area contributed by atoms with Crippen LogP contribution in [0.2, 0.25) is 0 Å². The molecule has 0 fully saturated rings. The van der Waals surface area contributed by atoms with E-state index in [2.05, 4.69) is 21.2 Å². The van der Waals surface area contributed by atoms with E-state index >= 15 is 0 Å². The zero-order chi connectivity index (χ0) is 11.4. The molecular formula is C11H14N4S. The fourth-order valence-electron chi connectivity index (χ4n) is 1.48. The summed E-state index contributed by atoms with van der Waals surface area (Å²) in [5.74, 6) is 0.591. The van der Waals surface area contributed by atoms with E-state index in [1.54, 1.807) is 0 Å². The summed E-state index contributed by atoms with van der Waals surface area (Å²) in [6.07, 6.45) is 3.62. The highest BCUT2D eigenvalue weighted by molar-refractivity contribution is 7.10. The first-order valence-corrected chi connectivity index (χ1v) is 5.93. The number of nitrogens with two attached hydrogens (primary N) is 1. The van der Waals surface area contributed by atoms with Crippen LogP contribution < -0.4 is 10.6 Å². The summed E-state index contributed by atoms with van der Waals surface area (Å²) in [5, 5.41) is 1.11. The molecule has 2 heterocycles. The van der Waals surface area contributed by atoms with E-state index in [9.17, 15) is 0 Å². The summed E-state index contributed by atoms with van der Waals surface area (Å²) >= 11 is 1.44. The first kappa shape index (κ1) is 10.9. The van der Waals surface area contributed by atoms with Crippen LogP contribution in [-0.2, 0) is 6.54 Å². The molecule has 0 amide bonds. The van der Waals surface area contributed by atoms with Gasteiger partial charge in [-0.2, -0.15) is 4.37 Å². The number of nitrogen functional groups attached to an aromatic ring is 1. The fourth-order valence-corrected chi connectivity index (χ4v) is 2.22. The van der Waals surface area contributed by atoms with Crippen LogP contribution in [0.3, 0.4) is 0 Å². The van der Waals surface area contributed by atoms with E-state index in [-0.39, 0.29) is 0 Å². The second-order valence-corrected chi connectivity index (χ2v) is 4.24. The van der Waals surface area contributed by atoms with Gasteiger partial charge < -0.3 is 10.6 Å². The third-order valence-corrected chi connectivity index (χ3v) is 3.20. The number of aromatic nitrogens is 2. The van der Waals surface area contributed by atoms with Crippen molar-refractivity contribution in [1.29, 1.82) is 0 Å². The topological polar surface area (TPSA) is 55.0 Å². The van der Waals surface area contributed by atoms with Crippen LogP contribution in [0.1, 0.15) is 12.5 Å². The molecule has 0 aliphatic rings. The van der Waals surface area contributed by atoms with Gasteiger partial charge in [0.1, 0.15) is 10.8 Å². The third-order valence-electron chi connectivity index (χ3n) is 2.33. The molecule has 0 saturated carbocycles. The number of nitrogens with zero attached hydrogens (tertiary/aromatic N) is 3. The molecular weight excluding hydrogens is 220 g/mol. The molecule has 0 spiro atoms. The van der Waals surface area contributed by atoms with Crippen LogP contribution in [-0.4, -0.2) is 15.9 Å². The Hall–Kier alpha value is -1.62. The molecule has 2 rings (SSSR count). The molecule has 5 heteroatoms. The smallest absolute Gasteiger partial charge is 0.139 e. The number of rotatable bonds is 4.